The number of aromatic nitrogens is 2. The average Bonchev–Trinajstić information content (AvgIpc) is 3.37. The van der Waals surface area contributed by atoms with E-state index >= 15 is 0 Å². The van der Waals surface area contributed by atoms with Crippen molar-refractivity contribution < 1.29 is 9.53 Å². The predicted octanol–water partition coefficient (Wildman–Crippen LogP) is 4.46. The van der Waals surface area contributed by atoms with Crippen LogP contribution in [0.5, 0.6) is 5.75 Å². The van der Waals surface area contributed by atoms with Gasteiger partial charge in [0.2, 0.25) is 5.91 Å². The van der Waals surface area contributed by atoms with E-state index in [1.54, 1.807) is 7.11 Å². The van der Waals surface area contributed by atoms with E-state index < -0.39 is 0 Å². The zero-order valence-corrected chi connectivity index (χ0v) is 18.0. The molecule has 1 atom stereocenters. The number of likely N-dealkylation sites (tertiary alicyclic amines) is 1. The Morgan fingerprint density at radius 1 is 1.07 bits per heavy atom. The van der Waals surface area contributed by atoms with Gasteiger partial charge in [-0.05, 0) is 49.9 Å². The summed E-state index contributed by atoms with van der Waals surface area (Å²) in [7, 11) is 1.68. The van der Waals surface area contributed by atoms with Crippen LogP contribution >= 0.6 is 0 Å². The van der Waals surface area contributed by atoms with Crippen LogP contribution in [0.3, 0.4) is 0 Å². The minimum atomic E-state index is 0.0369. The maximum absolute atomic E-state index is 13.1. The van der Waals surface area contributed by atoms with Crippen molar-refractivity contribution in [1.82, 2.24) is 14.5 Å². The summed E-state index contributed by atoms with van der Waals surface area (Å²) in [6.45, 7) is 5.67. The van der Waals surface area contributed by atoms with Gasteiger partial charge < -0.3 is 14.2 Å². The molecule has 1 aromatic heterocycles. The minimum Gasteiger partial charge on any atom is -0.497 e. The second kappa shape index (κ2) is 8.74. The van der Waals surface area contributed by atoms with E-state index in [0.29, 0.717) is 6.42 Å². The maximum atomic E-state index is 13.1. The number of amides is 1. The number of carbonyl (C=O) groups is 1. The standard InChI is InChI=1S/C25H29N3O2/c1-18-6-8-20(9-7-18)15-24(29)27-14-4-5-23(27)25-26-16-19(2)28(25)17-21-10-12-22(30-3)13-11-21/h6-13,16,23H,4-5,14-15,17H2,1-3H3. The van der Waals surface area contributed by atoms with E-state index in [9.17, 15) is 4.79 Å². The van der Waals surface area contributed by atoms with Crippen LogP contribution in [0, 0.1) is 13.8 Å². The molecule has 0 radical (unpaired) electrons. The number of hydrogen-bond acceptors (Lipinski definition) is 3. The Hall–Kier alpha value is -3.08. The molecule has 0 N–H and O–H groups in total. The van der Waals surface area contributed by atoms with E-state index in [0.717, 1.165) is 48.8 Å². The van der Waals surface area contributed by atoms with Gasteiger partial charge in [-0.15, -0.1) is 0 Å². The van der Waals surface area contributed by atoms with Gasteiger partial charge in [-0.25, -0.2) is 4.98 Å². The molecule has 2 aromatic carbocycles. The molecule has 0 spiro atoms. The van der Waals surface area contributed by atoms with Crippen molar-refractivity contribution >= 4 is 5.91 Å². The second-order valence-corrected chi connectivity index (χ2v) is 8.10. The summed E-state index contributed by atoms with van der Waals surface area (Å²) in [6.07, 6.45) is 4.33. The third-order valence-electron chi connectivity index (χ3n) is 5.93. The van der Waals surface area contributed by atoms with Crippen LogP contribution < -0.4 is 4.74 Å². The monoisotopic (exact) mass is 403 g/mol. The third-order valence-corrected chi connectivity index (χ3v) is 5.93. The molecule has 0 saturated carbocycles. The number of nitrogens with zero attached hydrogens (tertiary/aromatic N) is 3. The molecule has 0 aliphatic carbocycles. The minimum absolute atomic E-state index is 0.0369. The lowest BCUT2D eigenvalue weighted by Crippen LogP contribution is -2.33. The number of carbonyl (C=O) groups excluding carboxylic acids is 1. The van der Waals surface area contributed by atoms with Gasteiger partial charge in [0.1, 0.15) is 11.6 Å². The molecule has 1 amide bonds. The quantitative estimate of drug-likeness (QED) is 0.610. The molecule has 1 aliphatic heterocycles. The van der Waals surface area contributed by atoms with Crippen LogP contribution in [0.25, 0.3) is 0 Å². The van der Waals surface area contributed by atoms with Gasteiger partial charge in [0, 0.05) is 25.0 Å². The Morgan fingerprint density at radius 2 is 1.77 bits per heavy atom. The molecular formula is C25H29N3O2. The Morgan fingerprint density at radius 3 is 2.47 bits per heavy atom. The fourth-order valence-corrected chi connectivity index (χ4v) is 4.18. The van der Waals surface area contributed by atoms with Crippen LogP contribution in [0.15, 0.2) is 54.7 Å². The largest absolute Gasteiger partial charge is 0.497 e. The zero-order valence-electron chi connectivity index (χ0n) is 18.0. The Labute approximate surface area is 178 Å². The second-order valence-electron chi connectivity index (χ2n) is 8.10. The molecule has 0 bridgehead atoms. The maximum Gasteiger partial charge on any atom is 0.227 e. The van der Waals surface area contributed by atoms with Crippen molar-refractivity contribution in [2.75, 3.05) is 13.7 Å². The lowest BCUT2D eigenvalue weighted by atomic mass is 10.1. The van der Waals surface area contributed by atoms with Crippen molar-refractivity contribution in [3.05, 3.63) is 82.9 Å². The molecule has 156 valence electrons. The molecular weight excluding hydrogens is 374 g/mol. The summed E-state index contributed by atoms with van der Waals surface area (Å²) < 4.78 is 7.51. The van der Waals surface area contributed by atoms with E-state index in [4.69, 9.17) is 9.72 Å². The number of ether oxygens (including phenoxy) is 1. The molecule has 5 heteroatoms. The molecule has 4 rings (SSSR count). The number of rotatable bonds is 6. The van der Waals surface area contributed by atoms with Gasteiger partial charge >= 0.3 is 0 Å². The first-order valence-corrected chi connectivity index (χ1v) is 10.5. The highest BCUT2D eigenvalue weighted by molar-refractivity contribution is 5.79. The Bertz CT molecular complexity index is 1010. The van der Waals surface area contributed by atoms with Gasteiger partial charge in [0.25, 0.3) is 0 Å². The molecule has 1 fully saturated rings. The average molecular weight is 404 g/mol. The molecule has 1 saturated heterocycles. The number of methoxy groups -OCH3 is 1. The summed E-state index contributed by atoms with van der Waals surface area (Å²) in [5, 5.41) is 0. The Balaban J connectivity index is 1.53. The highest BCUT2D eigenvalue weighted by atomic mass is 16.5. The summed E-state index contributed by atoms with van der Waals surface area (Å²) in [5.74, 6) is 2.01. The van der Waals surface area contributed by atoms with E-state index in [2.05, 4.69) is 42.7 Å². The predicted molar refractivity (Wildman–Crippen MR) is 118 cm³/mol. The molecule has 1 aliphatic rings. The number of hydrogen-bond donors (Lipinski definition) is 0. The van der Waals surface area contributed by atoms with Crippen LogP contribution in [0.4, 0.5) is 0 Å². The van der Waals surface area contributed by atoms with E-state index in [1.165, 1.54) is 11.1 Å². The van der Waals surface area contributed by atoms with Gasteiger partial charge in [0.05, 0.1) is 19.6 Å². The fraction of sp³-hybridized carbons (Fsp3) is 0.360. The number of aryl methyl sites for hydroxylation is 2. The van der Waals surface area contributed by atoms with Crippen molar-refractivity contribution in [2.45, 2.75) is 45.7 Å². The molecule has 5 nitrogen and oxygen atoms in total. The first-order chi connectivity index (χ1) is 14.5. The van der Waals surface area contributed by atoms with Crippen molar-refractivity contribution in [2.24, 2.45) is 0 Å². The highest BCUT2D eigenvalue weighted by Crippen LogP contribution is 2.32. The first kappa shape index (κ1) is 20.2. The summed E-state index contributed by atoms with van der Waals surface area (Å²) in [5.41, 5.74) is 4.57. The molecule has 1 unspecified atom stereocenters. The highest BCUT2D eigenvalue weighted by Gasteiger charge is 2.33. The zero-order chi connectivity index (χ0) is 21.1. The van der Waals surface area contributed by atoms with Crippen LogP contribution in [-0.2, 0) is 17.8 Å². The van der Waals surface area contributed by atoms with Gasteiger partial charge in [-0.2, -0.15) is 0 Å². The number of benzene rings is 2. The molecule has 2 heterocycles. The van der Waals surface area contributed by atoms with E-state index in [-0.39, 0.29) is 11.9 Å². The SMILES string of the molecule is COc1ccc(Cn2c(C)cnc2C2CCCN2C(=O)Cc2ccc(C)cc2)cc1. The molecule has 3 aromatic rings. The summed E-state index contributed by atoms with van der Waals surface area (Å²) in [4.78, 5) is 19.8. The van der Waals surface area contributed by atoms with Crippen LogP contribution in [0.1, 0.15) is 47.1 Å². The summed E-state index contributed by atoms with van der Waals surface area (Å²) in [6, 6.07) is 16.4. The summed E-state index contributed by atoms with van der Waals surface area (Å²) >= 11 is 0. The normalized spacial score (nSPS) is 16.1. The van der Waals surface area contributed by atoms with Gasteiger partial charge in [-0.1, -0.05) is 42.0 Å². The van der Waals surface area contributed by atoms with Crippen LogP contribution in [0.2, 0.25) is 0 Å². The van der Waals surface area contributed by atoms with Crippen molar-refractivity contribution in [3.8, 4) is 5.75 Å². The fourth-order valence-electron chi connectivity index (χ4n) is 4.18. The van der Waals surface area contributed by atoms with Crippen LogP contribution in [-0.4, -0.2) is 34.0 Å². The molecule has 30 heavy (non-hydrogen) atoms. The van der Waals surface area contributed by atoms with Crippen molar-refractivity contribution in [1.29, 1.82) is 0 Å². The van der Waals surface area contributed by atoms with E-state index in [1.807, 2.05) is 35.4 Å². The smallest absolute Gasteiger partial charge is 0.227 e. The lowest BCUT2D eigenvalue weighted by Gasteiger charge is -2.25. The Kier molecular flexibility index (Phi) is 5.88. The topological polar surface area (TPSA) is 47.4 Å². The van der Waals surface area contributed by atoms with Crippen molar-refractivity contribution in [3.63, 3.8) is 0 Å². The lowest BCUT2D eigenvalue weighted by molar-refractivity contribution is -0.131. The number of imidazole rings is 1. The van der Waals surface area contributed by atoms with Gasteiger partial charge in [0.15, 0.2) is 0 Å². The first-order valence-electron chi connectivity index (χ1n) is 10.5. The third kappa shape index (κ3) is 4.25. The van der Waals surface area contributed by atoms with Gasteiger partial charge in [-0.3, -0.25) is 4.79 Å².